The molecule has 0 unspecified atom stereocenters. The van der Waals surface area contributed by atoms with Crippen LogP contribution >= 0.6 is 23.3 Å². The number of nitrogen functional groups attached to an aromatic ring is 1. The summed E-state index contributed by atoms with van der Waals surface area (Å²) in [5.41, 5.74) is 7.91. The van der Waals surface area contributed by atoms with Crippen LogP contribution in [-0.2, 0) is 0 Å². The van der Waals surface area contributed by atoms with Crippen molar-refractivity contribution in [3.05, 3.63) is 24.5 Å². The predicted octanol–water partition coefficient (Wildman–Crippen LogP) is 2.95. The van der Waals surface area contributed by atoms with Gasteiger partial charge in [0.05, 0.1) is 5.56 Å². The topological polar surface area (TPSA) is 63.8 Å². The predicted molar refractivity (Wildman–Crippen MR) is 81.2 cm³/mol. The summed E-state index contributed by atoms with van der Waals surface area (Å²) in [6.45, 7) is 0.940. The van der Waals surface area contributed by atoms with E-state index in [2.05, 4.69) is 20.9 Å². The highest BCUT2D eigenvalue weighted by Crippen LogP contribution is 2.36. The maximum Gasteiger partial charge on any atom is 0.147 e. The van der Waals surface area contributed by atoms with Crippen LogP contribution in [0, 0.1) is 0 Å². The van der Waals surface area contributed by atoms with E-state index in [4.69, 9.17) is 5.73 Å². The molecule has 2 rings (SSSR count). The van der Waals surface area contributed by atoms with Crippen molar-refractivity contribution < 1.29 is 0 Å². The molecule has 2 heterocycles. The third-order valence-corrected chi connectivity index (χ3v) is 4.00. The molecule has 4 nitrogen and oxygen atoms in total. The Bertz CT molecular complexity index is 484. The zero-order chi connectivity index (χ0) is 12.8. The first-order valence-electron chi connectivity index (χ1n) is 5.71. The largest absolute Gasteiger partial charge is 0.382 e. The SMILES string of the molecule is CSCCCNc1snc(N)c1-c1cccnc1. The summed E-state index contributed by atoms with van der Waals surface area (Å²) in [5, 5.41) is 4.43. The molecule has 2 aromatic heterocycles. The minimum atomic E-state index is 0.570. The van der Waals surface area contributed by atoms with Crippen LogP contribution in [0.25, 0.3) is 11.1 Å². The van der Waals surface area contributed by atoms with Gasteiger partial charge in [-0.2, -0.15) is 16.1 Å². The van der Waals surface area contributed by atoms with Gasteiger partial charge in [0.25, 0.3) is 0 Å². The summed E-state index contributed by atoms with van der Waals surface area (Å²) in [4.78, 5) is 4.12. The van der Waals surface area contributed by atoms with Crippen LogP contribution in [0.1, 0.15) is 6.42 Å². The molecule has 0 spiro atoms. The third kappa shape index (κ3) is 3.14. The summed E-state index contributed by atoms with van der Waals surface area (Å²) in [6.07, 6.45) is 6.81. The Kier molecular flexibility index (Phi) is 4.83. The van der Waals surface area contributed by atoms with Gasteiger partial charge < -0.3 is 11.1 Å². The number of nitrogens with zero attached hydrogens (tertiary/aromatic N) is 2. The zero-order valence-electron chi connectivity index (χ0n) is 10.2. The van der Waals surface area contributed by atoms with Crippen LogP contribution < -0.4 is 11.1 Å². The van der Waals surface area contributed by atoms with Crippen LogP contribution in [-0.4, -0.2) is 27.9 Å². The van der Waals surface area contributed by atoms with Gasteiger partial charge in [-0.05, 0) is 36.0 Å². The maximum absolute atomic E-state index is 5.93. The number of anilines is 2. The fourth-order valence-corrected chi connectivity index (χ4v) is 2.83. The zero-order valence-corrected chi connectivity index (χ0v) is 11.9. The van der Waals surface area contributed by atoms with Gasteiger partial charge in [0, 0.05) is 24.5 Å². The molecule has 0 aliphatic heterocycles. The Morgan fingerprint density at radius 2 is 2.39 bits per heavy atom. The lowest BCUT2D eigenvalue weighted by Gasteiger charge is -2.06. The van der Waals surface area contributed by atoms with Gasteiger partial charge in [-0.1, -0.05) is 6.07 Å². The number of nitrogens with two attached hydrogens (primary N) is 1. The highest BCUT2D eigenvalue weighted by atomic mass is 32.2. The lowest BCUT2D eigenvalue weighted by Crippen LogP contribution is -2.02. The van der Waals surface area contributed by atoms with Crippen molar-refractivity contribution in [2.24, 2.45) is 0 Å². The first-order chi connectivity index (χ1) is 8.83. The first-order valence-corrected chi connectivity index (χ1v) is 7.88. The number of rotatable bonds is 6. The van der Waals surface area contributed by atoms with Gasteiger partial charge >= 0.3 is 0 Å². The van der Waals surface area contributed by atoms with E-state index < -0.39 is 0 Å². The van der Waals surface area contributed by atoms with E-state index in [9.17, 15) is 0 Å². The molecule has 2 aromatic rings. The van der Waals surface area contributed by atoms with E-state index in [0.717, 1.165) is 34.8 Å². The molecule has 0 saturated carbocycles. The molecule has 6 heteroatoms. The van der Waals surface area contributed by atoms with Crippen LogP contribution in [0.4, 0.5) is 10.8 Å². The molecule has 0 fully saturated rings. The molecule has 0 aliphatic rings. The summed E-state index contributed by atoms with van der Waals surface area (Å²) >= 11 is 3.26. The molecular formula is C12H16N4S2. The molecule has 0 bridgehead atoms. The average molecular weight is 280 g/mol. The number of nitrogens with one attached hydrogen (secondary N) is 1. The fraction of sp³-hybridized carbons (Fsp3) is 0.333. The highest BCUT2D eigenvalue weighted by molar-refractivity contribution is 7.98. The Hall–Kier alpha value is -1.27. The van der Waals surface area contributed by atoms with Gasteiger partial charge in [-0.25, -0.2) is 0 Å². The number of thioether (sulfide) groups is 1. The van der Waals surface area contributed by atoms with Crippen molar-refractivity contribution in [2.45, 2.75) is 6.42 Å². The quantitative estimate of drug-likeness (QED) is 0.797. The van der Waals surface area contributed by atoms with Crippen LogP contribution in [0.15, 0.2) is 24.5 Å². The normalized spacial score (nSPS) is 10.5. The molecule has 0 aromatic carbocycles. The van der Waals surface area contributed by atoms with Crippen LogP contribution in [0.5, 0.6) is 0 Å². The van der Waals surface area contributed by atoms with E-state index in [1.807, 2.05) is 30.1 Å². The number of aromatic nitrogens is 2. The number of hydrogen-bond acceptors (Lipinski definition) is 6. The minimum Gasteiger partial charge on any atom is -0.382 e. The van der Waals surface area contributed by atoms with Gasteiger partial charge in [0.1, 0.15) is 10.8 Å². The minimum absolute atomic E-state index is 0.570. The monoisotopic (exact) mass is 280 g/mol. The van der Waals surface area contributed by atoms with Crippen molar-refractivity contribution >= 4 is 34.1 Å². The Labute approximate surface area is 115 Å². The molecule has 0 atom stereocenters. The van der Waals surface area contributed by atoms with E-state index in [1.54, 1.807) is 6.20 Å². The molecule has 18 heavy (non-hydrogen) atoms. The molecular weight excluding hydrogens is 264 g/mol. The van der Waals surface area contributed by atoms with Gasteiger partial charge in [-0.15, -0.1) is 0 Å². The second kappa shape index (κ2) is 6.61. The summed E-state index contributed by atoms with van der Waals surface area (Å²) in [6, 6.07) is 3.91. The lowest BCUT2D eigenvalue weighted by molar-refractivity contribution is 0.998. The first kappa shape index (κ1) is 13.2. The highest BCUT2D eigenvalue weighted by Gasteiger charge is 2.13. The van der Waals surface area contributed by atoms with Crippen molar-refractivity contribution in [3.63, 3.8) is 0 Å². The Balaban J connectivity index is 2.12. The summed E-state index contributed by atoms with van der Waals surface area (Å²) in [7, 11) is 0. The van der Waals surface area contributed by atoms with E-state index in [-0.39, 0.29) is 0 Å². The molecule has 0 saturated heterocycles. The standard InChI is InChI=1S/C12H16N4S2/c1-17-7-3-6-15-12-10(11(13)16-18-12)9-4-2-5-14-8-9/h2,4-5,8,15H,3,6-7H2,1H3,(H2,13,16). The van der Waals surface area contributed by atoms with Crippen molar-refractivity contribution in [1.82, 2.24) is 9.36 Å². The molecule has 0 radical (unpaired) electrons. The maximum atomic E-state index is 5.93. The number of pyridine rings is 1. The van der Waals surface area contributed by atoms with E-state index in [1.165, 1.54) is 11.5 Å². The third-order valence-electron chi connectivity index (χ3n) is 2.48. The van der Waals surface area contributed by atoms with Gasteiger partial charge in [0.15, 0.2) is 0 Å². The molecule has 96 valence electrons. The Morgan fingerprint density at radius 1 is 1.50 bits per heavy atom. The molecule has 3 N–H and O–H groups in total. The van der Waals surface area contributed by atoms with E-state index in [0.29, 0.717) is 5.82 Å². The smallest absolute Gasteiger partial charge is 0.147 e. The van der Waals surface area contributed by atoms with Gasteiger partial charge in [0.2, 0.25) is 0 Å². The second-order valence-electron chi connectivity index (χ2n) is 3.79. The van der Waals surface area contributed by atoms with Crippen LogP contribution in [0.2, 0.25) is 0 Å². The molecule has 0 aliphatic carbocycles. The lowest BCUT2D eigenvalue weighted by atomic mass is 10.1. The molecule has 0 amide bonds. The second-order valence-corrected chi connectivity index (χ2v) is 5.55. The summed E-state index contributed by atoms with van der Waals surface area (Å²) in [5.74, 6) is 1.73. The fourth-order valence-electron chi connectivity index (χ4n) is 1.63. The van der Waals surface area contributed by atoms with Crippen LogP contribution in [0.3, 0.4) is 0 Å². The average Bonchev–Trinajstić information content (AvgIpc) is 2.77. The van der Waals surface area contributed by atoms with Crippen molar-refractivity contribution in [3.8, 4) is 11.1 Å². The summed E-state index contributed by atoms with van der Waals surface area (Å²) < 4.78 is 4.22. The van der Waals surface area contributed by atoms with Crippen molar-refractivity contribution in [2.75, 3.05) is 29.6 Å². The number of hydrogen-bond donors (Lipinski definition) is 2. The van der Waals surface area contributed by atoms with Gasteiger partial charge in [-0.3, -0.25) is 4.98 Å². The van der Waals surface area contributed by atoms with Crippen molar-refractivity contribution in [1.29, 1.82) is 0 Å². The Morgan fingerprint density at radius 3 is 3.11 bits per heavy atom. The van der Waals surface area contributed by atoms with E-state index >= 15 is 0 Å².